The molecule has 3 nitrogen and oxygen atoms in total. The van der Waals surface area contributed by atoms with Gasteiger partial charge in [-0.25, -0.2) is 9.97 Å². The molecule has 0 aromatic carbocycles. The van der Waals surface area contributed by atoms with E-state index < -0.39 is 0 Å². The second-order valence-electron chi connectivity index (χ2n) is 4.11. The van der Waals surface area contributed by atoms with Crippen molar-refractivity contribution in [3.8, 4) is 0 Å². The van der Waals surface area contributed by atoms with E-state index in [9.17, 15) is 0 Å². The van der Waals surface area contributed by atoms with E-state index in [0.717, 1.165) is 28.8 Å². The van der Waals surface area contributed by atoms with Crippen molar-refractivity contribution < 1.29 is 0 Å². The van der Waals surface area contributed by atoms with E-state index in [1.54, 1.807) is 0 Å². The van der Waals surface area contributed by atoms with E-state index in [0.29, 0.717) is 11.7 Å². The summed E-state index contributed by atoms with van der Waals surface area (Å²) in [5.74, 6) is 2.09. The molecule has 0 saturated heterocycles. The van der Waals surface area contributed by atoms with E-state index in [1.165, 1.54) is 19.3 Å². The van der Waals surface area contributed by atoms with Crippen LogP contribution >= 0.6 is 15.9 Å². The number of hydrogen-bond donors (Lipinski definition) is 1. The van der Waals surface area contributed by atoms with Crippen LogP contribution in [0.5, 0.6) is 0 Å². The third kappa shape index (κ3) is 2.14. The summed E-state index contributed by atoms with van der Waals surface area (Å²) >= 11 is 3.45. The van der Waals surface area contributed by atoms with Crippen LogP contribution in [0.3, 0.4) is 0 Å². The van der Waals surface area contributed by atoms with E-state index >= 15 is 0 Å². The maximum absolute atomic E-state index is 5.87. The highest BCUT2D eigenvalue weighted by atomic mass is 79.9. The fraction of sp³-hybridized carbons (Fsp3) is 0.636. The van der Waals surface area contributed by atoms with Crippen LogP contribution in [0.1, 0.15) is 50.0 Å². The number of halogens is 1. The number of nitrogens with two attached hydrogens (primary N) is 1. The van der Waals surface area contributed by atoms with Crippen molar-refractivity contribution in [2.45, 2.75) is 44.9 Å². The third-order valence-corrected chi connectivity index (χ3v) is 3.78. The molecule has 0 amide bonds. The molecule has 2 N–H and O–H groups in total. The molecule has 4 heteroatoms. The highest BCUT2D eigenvalue weighted by Gasteiger charge is 2.23. The normalized spacial score (nSPS) is 16.4. The minimum Gasteiger partial charge on any atom is -0.383 e. The Morgan fingerprint density at radius 3 is 2.67 bits per heavy atom. The van der Waals surface area contributed by atoms with Gasteiger partial charge >= 0.3 is 0 Å². The molecule has 0 unspecified atom stereocenters. The van der Waals surface area contributed by atoms with Gasteiger partial charge in [-0.3, -0.25) is 0 Å². The van der Waals surface area contributed by atoms with Gasteiger partial charge in [0, 0.05) is 5.92 Å². The fourth-order valence-electron chi connectivity index (χ4n) is 1.78. The molecule has 1 aliphatic carbocycles. The van der Waals surface area contributed by atoms with Crippen molar-refractivity contribution >= 4 is 21.7 Å². The van der Waals surface area contributed by atoms with Gasteiger partial charge < -0.3 is 5.73 Å². The molecule has 1 aliphatic rings. The summed E-state index contributed by atoms with van der Waals surface area (Å²) in [6.07, 6.45) is 5.78. The number of nitrogen functional groups attached to an aromatic ring is 1. The van der Waals surface area contributed by atoms with Crippen molar-refractivity contribution in [3.63, 3.8) is 0 Å². The highest BCUT2D eigenvalue weighted by molar-refractivity contribution is 9.10. The van der Waals surface area contributed by atoms with Crippen LogP contribution in [-0.2, 0) is 6.42 Å². The molecule has 0 atom stereocenters. The standard InChI is InChI=1S/C11H16BrN3/c1-2-4-8-9(12)10(13)15-11(14-8)7-5-3-6-7/h7H,2-6H2,1H3,(H2,13,14,15). The molecule has 0 bridgehead atoms. The monoisotopic (exact) mass is 269 g/mol. The summed E-state index contributed by atoms with van der Waals surface area (Å²) in [6.45, 7) is 2.15. The zero-order valence-corrected chi connectivity index (χ0v) is 10.5. The number of anilines is 1. The first-order valence-electron chi connectivity index (χ1n) is 5.54. The Balaban J connectivity index is 2.31. The lowest BCUT2D eigenvalue weighted by Gasteiger charge is -2.24. The lowest BCUT2D eigenvalue weighted by Crippen LogP contribution is -2.15. The van der Waals surface area contributed by atoms with Crippen molar-refractivity contribution in [1.29, 1.82) is 0 Å². The minimum atomic E-state index is 0.552. The predicted molar refractivity (Wildman–Crippen MR) is 64.7 cm³/mol. The van der Waals surface area contributed by atoms with Gasteiger partial charge in [0.05, 0.1) is 10.2 Å². The molecule has 82 valence electrons. The summed E-state index contributed by atoms with van der Waals surface area (Å²) in [5, 5.41) is 0. The molecule has 0 spiro atoms. The summed E-state index contributed by atoms with van der Waals surface area (Å²) < 4.78 is 0.882. The van der Waals surface area contributed by atoms with Crippen LogP contribution in [0.25, 0.3) is 0 Å². The smallest absolute Gasteiger partial charge is 0.141 e. The topological polar surface area (TPSA) is 51.8 Å². The maximum Gasteiger partial charge on any atom is 0.141 e. The molecule has 1 aromatic heterocycles. The van der Waals surface area contributed by atoms with Gasteiger partial charge in [0.1, 0.15) is 11.6 Å². The fourth-order valence-corrected chi connectivity index (χ4v) is 2.16. The summed E-state index contributed by atoms with van der Waals surface area (Å²) in [6, 6.07) is 0. The number of hydrogen-bond acceptors (Lipinski definition) is 3. The Kier molecular flexibility index (Phi) is 3.24. The molecule has 1 fully saturated rings. The Morgan fingerprint density at radius 1 is 1.40 bits per heavy atom. The second-order valence-corrected chi connectivity index (χ2v) is 4.90. The van der Waals surface area contributed by atoms with Gasteiger partial charge in [0.25, 0.3) is 0 Å². The molecule has 2 rings (SSSR count). The Bertz CT molecular complexity index is 361. The van der Waals surface area contributed by atoms with E-state index in [-0.39, 0.29) is 0 Å². The molecule has 15 heavy (non-hydrogen) atoms. The first-order chi connectivity index (χ1) is 7.22. The van der Waals surface area contributed by atoms with E-state index in [2.05, 4.69) is 32.8 Å². The van der Waals surface area contributed by atoms with Gasteiger partial charge in [-0.1, -0.05) is 19.8 Å². The average Bonchev–Trinajstić information content (AvgIpc) is 2.11. The summed E-state index contributed by atoms with van der Waals surface area (Å²) in [5.41, 5.74) is 6.93. The zero-order valence-electron chi connectivity index (χ0n) is 8.96. The van der Waals surface area contributed by atoms with Crippen LogP contribution in [-0.4, -0.2) is 9.97 Å². The Labute approximate surface area is 98.6 Å². The van der Waals surface area contributed by atoms with Crippen molar-refractivity contribution in [2.24, 2.45) is 0 Å². The number of rotatable bonds is 3. The average molecular weight is 270 g/mol. The van der Waals surface area contributed by atoms with Crippen molar-refractivity contribution in [3.05, 3.63) is 16.0 Å². The molecule has 0 radical (unpaired) electrons. The van der Waals surface area contributed by atoms with Gasteiger partial charge in [0.15, 0.2) is 0 Å². The highest BCUT2D eigenvalue weighted by Crippen LogP contribution is 2.36. The van der Waals surface area contributed by atoms with Crippen LogP contribution < -0.4 is 5.73 Å². The second kappa shape index (κ2) is 4.47. The lowest BCUT2D eigenvalue weighted by atomic mass is 9.85. The summed E-state index contributed by atoms with van der Waals surface area (Å²) in [4.78, 5) is 8.96. The number of aryl methyl sites for hydroxylation is 1. The quantitative estimate of drug-likeness (QED) is 0.918. The molecular weight excluding hydrogens is 254 g/mol. The number of aromatic nitrogens is 2. The lowest BCUT2D eigenvalue weighted by molar-refractivity contribution is 0.400. The molecule has 1 aromatic rings. The Morgan fingerprint density at radius 2 is 2.13 bits per heavy atom. The van der Waals surface area contributed by atoms with Gasteiger partial charge in [-0.05, 0) is 35.2 Å². The molecule has 0 aliphatic heterocycles. The van der Waals surface area contributed by atoms with Gasteiger partial charge in [0.2, 0.25) is 0 Å². The van der Waals surface area contributed by atoms with Gasteiger partial charge in [-0.15, -0.1) is 0 Å². The van der Waals surface area contributed by atoms with Gasteiger partial charge in [-0.2, -0.15) is 0 Å². The summed E-state index contributed by atoms with van der Waals surface area (Å²) in [7, 11) is 0. The number of nitrogens with zero attached hydrogens (tertiary/aromatic N) is 2. The van der Waals surface area contributed by atoms with Crippen molar-refractivity contribution in [2.75, 3.05) is 5.73 Å². The van der Waals surface area contributed by atoms with Crippen molar-refractivity contribution in [1.82, 2.24) is 9.97 Å². The van der Waals surface area contributed by atoms with Crippen LogP contribution in [0.15, 0.2) is 4.47 Å². The molecule has 1 saturated carbocycles. The SMILES string of the molecule is CCCc1nc(C2CCC2)nc(N)c1Br. The maximum atomic E-state index is 5.87. The van der Waals surface area contributed by atoms with Crippen LogP contribution in [0.2, 0.25) is 0 Å². The predicted octanol–water partition coefficient (Wildman–Crippen LogP) is 3.04. The van der Waals surface area contributed by atoms with Crippen LogP contribution in [0.4, 0.5) is 5.82 Å². The Hall–Kier alpha value is -0.640. The van der Waals surface area contributed by atoms with Crippen LogP contribution in [0, 0.1) is 0 Å². The van der Waals surface area contributed by atoms with E-state index in [4.69, 9.17) is 5.73 Å². The third-order valence-electron chi connectivity index (χ3n) is 2.92. The molecular formula is C11H16BrN3. The zero-order chi connectivity index (χ0) is 10.8. The first-order valence-corrected chi connectivity index (χ1v) is 6.33. The van der Waals surface area contributed by atoms with E-state index in [1.807, 2.05) is 0 Å². The molecule has 1 heterocycles. The largest absolute Gasteiger partial charge is 0.383 e. The minimum absolute atomic E-state index is 0.552. The first kappa shape index (κ1) is 10.9.